The summed E-state index contributed by atoms with van der Waals surface area (Å²) in [6, 6.07) is 9.19. The molecule has 2 rings (SSSR count). The van der Waals surface area contributed by atoms with Crippen LogP contribution in [0.3, 0.4) is 0 Å². The molecule has 0 aromatic heterocycles. The van der Waals surface area contributed by atoms with Crippen molar-refractivity contribution in [2.75, 3.05) is 0 Å². The van der Waals surface area contributed by atoms with Gasteiger partial charge in [0.2, 0.25) is 0 Å². The summed E-state index contributed by atoms with van der Waals surface area (Å²) in [4.78, 5) is 0. The van der Waals surface area contributed by atoms with E-state index < -0.39 is 16.0 Å². The third kappa shape index (κ3) is 2.42. The summed E-state index contributed by atoms with van der Waals surface area (Å²) in [6.07, 6.45) is 3.06. The lowest BCUT2D eigenvalue weighted by Gasteiger charge is -2.27. The van der Waals surface area contributed by atoms with Gasteiger partial charge in [-0.15, -0.1) is 0 Å². The molecule has 1 aromatic rings. The van der Waals surface area contributed by atoms with E-state index in [4.69, 9.17) is 8.74 Å². The Morgan fingerprint density at radius 1 is 1.12 bits per heavy atom. The van der Waals surface area contributed by atoms with Crippen LogP contribution >= 0.6 is 0 Å². The Balaban J connectivity index is 2.37. The Morgan fingerprint density at radius 3 is 2.19 bits per heavy atom. The molecule has 4 nitrogen and oxygen atoms in total. The molecule has 0 atom stereocenters. The van der Waals surface area contributed by atoms with Crippen molar-refractivity contribution in [2.24, 2.45) is 0 Å². The van der Waals surface area contributed by atoms with Crippen LogP contribution in [-0.2, 0) is 20.2 Å². The monoisotopic (exact) mass is 242 g/mol. The van der Waals surface area contributed by atoms with E-state index in [9.17, 15) is 8.42 Å². The maximum absolute atomic E-state index is 10.9. The maximum atomic E-state index is 10.9. The minimum atomic E-state index is -4.41. The van der Waals surface area contributed by atoms with Gasteiger partial charge in [0.25, 0.3) is 0 Å². The third-order valence-corrected chi connectivity index (χ3v) is 3.51. The smallest absolute Gasteiger partial charge is 0.264 e. The number of hydrogen-bond acceptors (Lipinski definition) is 3. The van der Waals surface area contributed by atoms with Gasteiger partial charge in [-0.3, -0.25) is 4.55 Å². The highest BCUT2D eigenvalue weighted by molar-refractivity contribution is 7.80. The highest BCUT2D eigenvalue weighted by atomic mass is 32.3. The summed E-state index contributed by atoms with van der Waals surface area (Å²) in [5, 5.41) is 0. The molecule has 1 aromatic carbocycles. The maximum Gasteiger partial charge on any atom is 0.398 e. The quantitative estimate of drug-likeness (QED) is 0.826. The molecule has 0 bridgehead atoms. The first-order valence-corrected chi connectivity index (χ1v) is 6.62. The van der Waals surface area contributed by atoms with Crippen molar-refractivity contribution in [3.63, 3.8) is 0 Å². The second kappa shape index (κ2) is 4.16. The van der Waals surface area contributed by atoms with Crippen molar-refractivity contribution in [2.45, 2.75) is 31.3 Å². The molecular weight excluding hydrogens is 228 g/mol. The van der Waals surface area contributed by atoms with Gasteiger partial charge in [-0.1, -0.05) is 43.2 Å². The van der Waals surface area contributed by atoms with Crippen molar-refractivity contribution >= 4 is 10.4 Å². The highest BCUT2D eigenvalue weighted by Gasteiger charge is 2.40. The van der Waals surface area contributed by atoms with Gasteiger partial charge >= 0.3 is 10.4 Å². The Bertz CT molecular complexity index is 446. The van der Waals surface area contributed by atoms with Crippen molar-refractivity contribution < 1.29 is 17.2 Å². The summed E-state index contributed by atoms with van der Waals surface area (Å²) in [7, 11) is -4.41. The Labute approximate surface area is 95.2 Å². The van der Waals surface area contributed by atoms with Gasteiger partial charge in [0.05, 0.1) is 0 Å². The van der Waals surface area contributed by atoms with Gasteiger partial charge in [0.15, 0.2) is 0 Å². The van der Waals surface area contributed by atoms with Gasteiger partial charge < -0.3 is 0 Å². The average Bonchev–Trinajstić information content (AvgIpc) is 2.66. The average molecular weight is 242 g/mol. The number of rotatable bonds is 3. The molecule has 88 valence electrons. The molecule has 1 aliphatic carbocycles. The lowest BCUT2D eigenvalue weighted by Crippen LogP contribution is -2.29. The second-order valence-corrected chi connectivity index (χ2v) is 5.10. The standard InChI is InChI=1S/C11H14O4S/c12-16(13,14)15-11(8-4-5-9-11)10-6-2-1-3-7-10/h1-3,6-7H,4-5,8-9H2,(H,12,13,14). The summed E-state index contributed by atoms with van der Waals surface area (Å²) in [6.45, 7) is 0. The fraction of sp³-hybridized carbons (Fsp3) is 0.455. The van der Waals surface area contributed by atoms with Crippen LogP contribution in [0, 0.1) is 0 Å². The van der Waals surface area contributed by atoms with Crippen molar-refractivity contribution in [3.8, 4) is 0 Å². The van der Waals surface area contributed by atoms with Gasteiger partial charge in [0, 0.05) is 0 Å². The van der Waals surface area contributed by atoms with Gasteiger partial charge in [-0.25, -0.2) is 4.18 Å². The van der Waals surface area contributed by atoms with Gasteiger partial charge in [-0.2, -0.15) is 8.42 Å². The summed E-state index contributed by atoms with van der Waals surface area (Å²) < 4.78 is 35.6. The van der Waals surface area contributed by atoms with Crippen LogP contribution in [-0.4, -0.2) is 13.0 Å². The Kier molecular flexibility index (Phi) is 3.01. The van der Waals surface area contributed by atoms with E-state index in [2.05, 4.69) is 0 Å². The lowest BCUT2D eigenvalue weighted by molar-refractivity contribution is 0.0666. The first-order chi connectivity index (χ1) is 7.52. The lowest BCUT2D eigenvalue weighted by atomic mass is 9.92. The van der Waals surface area contributed by atoms with Crippen LogP contribution in [0.4, 0.5) is 0 Å². The molecule has 0 radical (unpaired) electrons. The van der Waals surface area contributed by atoms with E-state index >= 15 is 0 Å². The van der Waals surface area contributed by atoms with Crippen LogP contribution in [0.5, 0.6) is 0 Å². The molecule has 0 spiro atoms. The topological polar surface area (TPSA) is 63.6 Å². The van der Waals surface area contributed by atoms with E-state index in [1.165, 1.54) is 0 Å². The van der Waals surface area contributed by atoms with Crippen molar-refractivity contribution in [3.05, 3.63) is 35.9 Å². The fourth-order valence-corrected chi connectivity index (χ4v) is 2.98. The van der Waals surface area contributed by atoms with E-state index in [0.29, 0.717) is 12.8 Å². The molecule has 0 unspecified atom stereocenters. The van der Waals surface area contributed by atoms with Crippen LogP contribution < -0.4 is 0 Å². The summed E-state index contributed by atoms with van der Waals surface area (Å²) in [5.41, 5.74) is -0.0559. The van der Waals surface area contributed by atoms with Gasteiger partial charge in [0.1, 0.15) is 5.60 Å². The molecule has 1 N–H and O–H groups in total. The fourth-order valence-electron chi connectivity index (χ4n) is 2.31. The zero-order valence-electron chi connectivity index (χ0n) is 8.80. The molecule has 5 heteroatoms. The minimum Gasteiger partial charge on any atom is -0.264 e. The largest absolute Gasteiger partial charge is 0.398 e. The van der Waals surface area contributed by atoms with E-state index in [1.807, 2.05) is 30.3 Å². The van der Waals surface area contributed by atoms with E-state index in [0.717, 1.165) is 18.4 Å². The van der Waals surface area contributed by atoms with Crippen molar-refractivity contribution in [1.29, 1.82) is 0 Å². The molecule has 1 aliphatic rings. The highest BCUT2D eigenvalue weighted by Crippen LogP contribution is 2.42. The number of hydrogen-bond donors (Lipinski definition) is 1. The van der Waals surface area contributed by atoms with E-state index in [1.54, 1.807) is 0 Å². The molecule has 16 heavy (non-hydrogen) atoms. The molecule has 0 aliphatic heterocycles. The van der Waals surface area contributed by atoms with E-state index in [-0.39, 0.29) is 0 Å². The molecule has 0 saturated heterocycles. The van der Waals surface area contributed by atoms with Crippen LogP contribution in [0.2, 0.25) is 0 Å². The van der Waals surface area contributed by atoms with Crippen LogP contribution in [0.25, 0.3) is 0 Å². The number of benzene rings is 1. The predicted octanol–water partition coefficient (Wildman–Crippen LogP) is 2.28. The Hall–Kier alpha value is -0.910. The SMILES string of the molecule is O=S(=O)(O)OC1(c2ccccc2)CCCC1. The molecule has 0 heterocycles. The molecule has 1 fully saturated rings. The Morgan fingerprint density at radius 2 is 1.69 bits per heavy atom. The molecule has 0 amide bonds. The molecular formula is C11H14O4S. The summed E-state index contributed by atoms with van der Waals surface area (Å²) in [5.74, 6) is 0. The van der Waals surface area contributed by atoms with Crippen LogP contribution in [0.15, 0.2) is 30.3 Å². The predicted molar refractivity (Wildman–Crippen MR) is 59.2 cm³/mol. The minimum absolute atomic E-state index is 0.622. The normalized spacial score (nSPS) is 19.8. The third-order valence-electron chi connectivity index (χ3n) is 2.98. The first-order valence-electron chi connectivity index (χ1n) is 5.25. The zero-order valence-corrected chi connectivity index (χ0v) is 9.61. The molecule has 1 saturated carbocycles. The second-order valence-electron chi connectivity index (χ2n) is 4.08. The zero-order chi connectivity index (χ0) is 11.6. The first kappa shape index (κ1) is 11.6. The van der Waals surface area contributed by atoms with Crippen LogP contribution in [0.1, 0.15) is 31.2 Å². The van der Waals surface area contributed by atoms with Crippen molar-refractivity contribution in [1.82, 2.24) is 0 Å². The van der Waals surface area contributed by atoms with Gasteiger partial charge in [-0.05, 0) is 18.4 Å². The summed E-state index contributed by atoms with van der Waals surface area (Å²) >= 11 is 0.